The second kappa shape index (κ2) is 6.34. The summed E-state index contributed by atoms with van der Waals surface area (Å²) in [6.07, 6.45) is 5.07. The second-order valence-electron chi connectivity index (χ2n) is 4.92. The third kappa shape index (κ3) is 2.93. The lowest BCUT2D eigenvalue weighted by atomic mass is 9.89. The predicted molar refractivity (Wildman–Crippen MR) is 79.8 cm³/mol. The Morgan fingerprint density at radius 2 is 2.17 bits per heavy atom. The minimum atomic E-state index is -1.26. The van der Waals surface area contributed by atoms with Gasteiger partial charge in [0, 0.05) is 12.1 Å². The van der Waals surface area contributed by atoms with Gasteiger partial charge >= 0.3 is 18.0 Å². The maximum Gasteiger partial charge on any atom is 0.335 e. The van der Waals surface area contributed by atoms with Crippen LogP contribution in [0.2, 0.25) is 0 Å². The van der Waals surface area contributed by atoms with Crippen LogP contribution in [-0.4, -0.2) is 45.0 Å². The number of nitrogens with two attached hydrogens (primary N) is 1. The number of carbonyl (C=O) groups is 3. The molecule has 1 unspecified atom stereocenters. The lowest BCUT2D eigenvalue weighted by Gasteiger charge is -2.36. The molecule has 1 aliphatic heterocycles. The van der Waals surface area contributed by atoms with Gasteiger partial charge in [-0.3, -0.25) is 0 Å². The van der Waals surface area contributed by atoms with E-state index in [1.165, 1.54) is 12.2 Å². The molecular formula is C14H16N4O5. The SMILES string of the molecule is CCC1=C(C(=O)O)C(C2=CC/C(=N\O)C=C2)N(C(N)=O)C(=O)N1. The monoisotopic (exact) mass is 320 g/mol. The van der Waals surface area contributed by atoms with Crippen molar-refractivity contribution in [2.75, 3.05) is 0 Å². The molecule has 4 amide bonds. The summed E-state index contributed by atoms with van der Waals surface area (Å²) in [6.45, 7) is 1.69. The molecule has 9 heteroatoms. The Labute approximate surface area is 131 Å². The Bertz CT molecular complexity index is 689. The molecule has 5 N–H and O–H groups in total. The van der Waals surface area contributed by atoms with E-state index >= 15 is 0 Å². The van der Waals surface area contributed by atoms with Gasteiger partial charge in [0.05, 0.1) is 11.3 Å². The van der Waals surface area contributed by atoms with Gasteiger partial charge in [0.2, 0.25) is 0 Å². The van der Waals surface area contributed by atoms with E-state index in [0.29, 0.717) is 16.2 Å². The second-order valence-corrected chi connectivity index (χ2v) is 4.92. The molecule has 0 aromatic heterocycles. The highest BCUT2D eigenvalue weighted by molar-refractivity contribution is 6.02. The standard InChI is InChI=1S/C14H16N4O5/c1-2-9-10(12(19)20)11(18(13(15)21)14(22)16-9)7-3-5-8(17-23)6-4-7/h3-5,11,23H,2,6H2,1H3,(H2,15,21)(H,16,22)(H,19,20)/b17-8-. The Morgan fingerprint density at radius 1 is 1.48 bits per heavy atom. The molecule has 0 radical (unpaired) electrons. The number of rotatable bonds is 3. The third-order valence-electron chi connectivity index (χ3n) is 3.61. The van der Waals surface area contributed by atoms with Gasteiger partial charge in [-0.25, -0.2) is 19.3 Å². The van der Waals surface area contributed by atoms with Gasteiger partial charge in [-0.1, -0.05) is 24.2 Å². The number of hydrogen-bond acceptors (Lipinski definition) is 5. The number of primary amides is 1. The van der Waals surface area contributed by atoms with Crippen molar-refractivity contribution in [3.63, 3.8) is 0 Å². The molecule has 122 valence electrons. The summed E-state index contributed by atoms with van der Waals surface area (Å²) in [5.41, 5.74) is 6.14. The van der Waals surface area contributed by atoms with Crippen molar-refractivity contribution in [3.8, 4) is 0 Å². The number of oxime groups is 1. The smallest absolute Gasteiger partial charge is 0.335 e. The molecule has 23 heavy (non-hydrogen) atoms. The van der Waals surface area contributed by atoms with Gasteiger partial charge in [-0.05, 0) is 18.1 Å². The molecule has 1 aliphatic carbocycles. The number of imide groups is 1. The van der Waals surface area contributed by atoms with Crippen molar-refractivity contribution in [1.82, 2.24) is 10.2 Å². The van der Waals surface area contributed by atoms with Crippen molar-refractivity contribution in [2.45, 2.75) is 25.8 Å². The molecule has 1 heterocycles. The summed E-state index contributed by atoms with van der Waals surface area (Å²) in [5.74, 6) is -1.26. The minimum absolute atomic E-state index is 0.119. The van der Waals surface area contributed by atoms with Gasteiger partial charge in [0.25, 0.3) is 0 Å². The molecule has 0 saturated carbocycles. The van der Waals surface area contributed by atoms with Crippen LogP contribution in [0.1, 0.15) is 19.8 Å². The Hall–Kier alpha value is -3.10. The molecule has 0 bridgehead atoms. The van der Waals surface area contributed by atoms with E-state index in [1.54, 1.807) is 13.0 Å². The summed E-state index contributed by atoms with van der Waals surface area (Å²) in [4.78, 5) is 36.1. The molecule has 0 aromatic carbocycles. The minimum Gasteiger partial charge on any atom is -0.478 e. The van der Waals surface area contributed by atoms with Gasteiger partial charge in [0.15, 0.2) is 0 Å². The van der Waals surface area contributed by atoms with E-state index < -0.39 is 24.1 Å². The van der Waals surface area contributed by atoms with Gasteiger partial charge in [-0.15, -0.1) is 0 Å². The molecule has 0 saturated heterocycles. The first-order chi connectivity index (χ1) is 10.9. The summed E-state index contributed by atoms with van der Waals surface area (Å²) < 4.78 is 0. The maximum absolute atomic E-state index is 12.1. The van der Waals surface area contributed by atoms with Crippen molar-refractivity contribution >= 4 is 23.7 Å². The zero-order valence-electron chi connectivity index (χ0n) is 12.3. The predicted octanol–water partition coefficient (Wildman–Crippen LogP) is 0.924. The highest BCUT2D eigenvalue weighted by Gasteiger charge is 2.41. The molecule has 0 aromatic rings. The number of aliphatic carboxylic acids is 1. The first-order valence-corrected chi connectivity index (χ1v) is 6.85. The summed E-state index contributed by atoms with van der Waals surface area (Å²) in [7, 11) is 0. The number of carboxylic acid groups (broad SMARTS) is 1. The molecule has 2 aliphatic rings. The number of urea groups is 2. The number of carboxylic acids is 1. The van der Waals surface area contributed by atoms with Gasteiger partial charge < -0.3 is 21.4 Å². The van der Waals surface area contributed by atoms with E-state index in [4.69, 9.17) is 10.9 Å². The number of carbonyl (C=O) groups excluding carboxylic acids is 2. The van der Waals surface area contributed by atoms with E-state index in [0.717, 1.165) is 0 Å². The number of nitrogens with zero attached hydrogens (tertiary/aromatic N) is 2. The quantitative estimate of drug-likeness (QED) is 0.451. The lowest BCUT2D eigenvalue weighted by molar-refractivity contribution is -0.133. The number of hydrogen-bond donors (Lipinski definition) is 4. The van der Waals surface area contributed by atoms with Crippen LogP contribution in [0.25, 0.3) is 0 Å². The van der Waals surface area contributed by atoms with E-state index in [9.17, 15) is 19.5 Å². The van der Waals surface area contributed by atoms with Crippen molar-refractivity contribution in [2.24, 2.45) is 10.9 Å². The van der Waals surface area contributed by atoms with E-state index in [-0.39, 0.29) is 24.1 Å². The Morgan fingerprint density at radius 3 is 2.61 bits per heavy atom. The zero-order chi connectivity index (χ0) is 17.1. The summed E-state index contributed by atoms with van der Waals surface area (Å²) in [6, 6.07) is -2.97. The van der Waals surface area contributed by atoms with Crippen molar-refractivity contribution in [1.29, 1.82) is 0 Å². The topological polar surface area (TPSA) is 145 Å². The van der Waals surface area contributed by atoms with Gasteiger partial charge in [-0.2, -0.15) is 0 Å². The molecule has 2 rings (SSSR count). The summed E-state index contributed by atoms with van der Waals surface area (Å²) in [5, 5.41) is 23.7. The van der Waals surface area contributed by atoms with Crippen LogP contribution < -0.4 is 11.1 Å². The van der Waals surface area contributed by atoms with Crippen LogP contribution in [0.4, 0.5) is 9.59 Å². The normalized spacial score (nSPS) is 22.9. The van der Waals surface area contributed by atoms with Crippen molar-refractivity contribution < 1.29 is 24.7 Å². The number of nitrogens with one attached hydrogen (secondary N) is 1. The molecule has 0 fully saturated rings. The van der Waals surface area contributed by atoms with Crippen LogP contribution in [0.5, 0.6) is 0 Å². The fraction of sp³-hybridized carbons (Fsp3) is 0.286. The largest absolute Gasteiger partial charge is 0.478 e. The van der Waals surface area contributed by atoms with Crippen LogP contribution in [-0.2, 0) is 4.79 Å². The highest BCUT2D eigenvalue weighted by atomic mass is 16.4. The summed E-state index contributed by atoms with van der Waals surface area (Å²) >= 11 is 0. The van der Waals surface area contributed by atoms with Crippen molar-refractivity contribution in [3.05, 3.63) is 35.1 Å². The Balaban J connectivity index is 2.58. The third-order valence-corrected chi connectivity index (χ3v) is 3.61. The highest BCUT2D eigenvalue weighted by Crippen LogP contribution is 2.29. The van der Waals surface area contributed by atoms with Gasteiger partial charge in [0.1, 0.15) is 6.04 Å². The lowest BCUT2D eigenvalue weighted by Crippen LogP contribution is -2.57. The van der Waals surface area contributed by atoms with Crippen LogP contribution in [0.3, 0.4) is 0 Å². The van der Waals surface area contributed by atoms with Crippen LogP contribution in [0, 0.1) is 0 Å². The fourth-order valence-corrected chi connectivity index (χ4v) is 2.56. The average molecular weight is 320 g/mol. The number of amides is 4. The first kappa shape index (κ1) is 16.3. The molecule has 9 nitrogen and oxygen atoms in total. The maximum atomic E-state index is 12.1. The van der Waals surface area contributed by atoms with Crippen LogP contribution in [0.15, 0.2) is 40.2 Å². The fourth-order valence-electron chi connectivity index (χ4n) is 2.56. The van der Waals surface area contributed by atoms with Crippen LogP contribution >= 0.6 is 0 Å². The van der Waals surface area contributed by atoms with E-state index in [1.807, 2.05) is 0 Å². The average Bonchev–Trinajstić information content (AvgIpc) is 2.53. The number of allylic oxidation sites excluding steroid dienone is 3. The first-order valence-electron chi connectivity index (χ1n) is 6.85. The van der Waals surface area contributed by atoms with E-state index in [2.05, 4.69) is 10.5 Å². The Kier molecular flexibility index (Phi) is 4.49. The molecule has 1 atom stereocenters. The molecule has 0 spiro atoms. The molecular weight excluding hydrogens is 304 g/mol. The zero-order valence-corrected chi connectivity index (χ0v) is 12.3.